The first-order valence-corrected chi connectivity index (χ1v) is 6.40. The molecule has 0 spiro atoms. The number of rotatable bonds is 4. The van der Waals surface area contributed by atoms with Crippen molar-refractivity contribution in [3.63, 3.8) is 0 Å². The lowest BCUT2D eigenvalue weighted by molar-refractivity contribution is 0.452. The van der Waals surface area contributed by atoms with Crippen LogP contribution in [0, 0.1) is 12.8 Å². The number of aryl methyl sites for hydroxylation is 2. The molecule has 2 rings (SSSR count). The lowest BCUT2D eigenvalue weighted by Gasteiger charge is -2.16. The van der Waals surface area contributed by atoms with E-state index in [1.165, 1.54) is 31.2 Å². The summed E-state index contributed by atoms with van der Waals surface area (Å²) in [4.78, 5) is 0. The molecule has 0 aliphatic heterocycles. The second kappa shape index (κ2) is 5.00. The zero-order chi connectivity index (χ0) is 11.5. The number of hydrogen-bond acceptors (Lipinski definition) is 2. The van der Waals surface area contributed by atoms with E-state index < -0.39 is 0 Å². The van der Waals surface area contributed by atoms with Crippen molar-refractivity contribution in [1.29, 1.82) is 0 Å². The van der Waals surface area contributed by atoms with Gasteiger partial charge in [0.15, 0.2) is 0 Å². The highest BCUT2D eigenvalue weighted by Crippen LogP contribution is 2.25. The van der Waals surface area contributed by atoms with Crippen molar-refractivity contribution in [3.8, 4) is 0 Å². The van der Waals surface area contributed by atoms with Crippen LogP contribution >= 0.6 is 0 Å². The SMILES string of the molecule is Cc1nn(C)cc1C(C)NCC1CCCC1. The molecule has 0 amide bonds. The van der Waals surface area contributed by atoms with E-state index in [4.69, 9.17) is 0 Å². The lowest BCUT2D eigenvalue weighted by atomic mass is 10.1. The van der Waals surface area contributed by atoms with Crippen LogP contribution in [0.5, 0.6) is 0 Å². The van der Waals surface area contributed by atoms with Crippen molar-refractivity contribution >= 4 is 0 Å². The van der Waals surface area contributed by atoms with Crippen molar-refractivity contribution in [2.45, 2.75) is 45.6 Å². The molecule has 0 radical (unpaired) electrons. The molecule has 1 heterocycles. The normalized spacial score (nSPS) is 19.2. The lowest BCUT2D eigenvalue weighted by Crippen LogP contribution is -2.24. The molecule has 1 aliphatic carbocycles. The third-order valence-electron chi connectivity index (χ3n) is 3.71. The van der Waals surface area contributed by atoms with Crippen molar-refractivity contribution in [2.75, 3.05) is 6.54 Å². The third kappa shape index (κ3) is 2.64. The molecule has 0 bridgehead atoms. The summed E-state index contributed by atoms with van der Waals surface area (Å²) in [6, 6.07) is 0.425. The van der Waals surface area contributed by atoms with Crippen LogP contribution in [0.15, 0.2) is 6.20 Å². The summed E-state index contributed by atoms with van der Waals surface area (Å²) >= 11 is 0. The standard InChI is InChI=1S/C13H23N3/c1-10(13-9-16(3)15-11(13)2)14-8-12-6-4-5-7-12/h9-10,12,14H,4-8H2,1-3H3. The molecule has 3 heteroatoms. The predicted molar refractivity (Wildman–Crippen MR) is 66.3 cm³/mol. The molecule has 1 saturated carbocycles. The Morgan fingerprint density at radius 1 is 1.50 bits per heavy atom. The minimum Gasteiger partial charge on any atom is -0.310 e. The highest BCUT2D eigenvalue weighted by Gasteiger charge is 2.17. The summed E-state index contributed by atoms with van der Waals surface area (Å²) in [5, 5.41) is 8.03. The fourth-order valence-electron chi connectivity index (χ4n) is 2.71. The molecule has 0 saturated heterocycles. The Bertz CT molecular complexity index is 337. The maximum absolute atomic E-state index is 4.39. The van der Waals surface area contributed by atoms with E-state index in [1.54, 1.807) is 0 Å². The molecule has 1 aromatic heterocycles. The average molecular weight is 221 g/mol. The van der Waals surface area contributed by atoms with Crippen molar-refractivity contribution < 1.29 is 0 Å². The predicted octanol–water partition coefficient (Wildman–Crippen LogP) is 2.57. The summed E-state index contributed by atoms with van der Waals surface area (Å²) in [5.41, 5.74) is 2.48. The van der Waals surface area contributed by atoms with Gasteiger partial charge in [0.2, 0.25) is 0 Å². The van der Waals surface area contributed by atoms with Gasteiger partial charge in [-0.05, 0) is 39.2 Å². The first kappa shape index (κ1) is 11.6. The van der Waals surface area contributed by atoms with E-state index in [-0.39, 0.29) is 0 Å². The minimum atomic E-state index is 0.425. The molecular weight excluding hydrogens is 198 g/mol. The quantitative estimate of drug-likeness (QED) is 0.847. The summed E-state index contributed by atoms with van der Waals surface area (Å²) in [7, 11) is 1.99. The summed E-state index contributed by atoms with van der Waals surface area (Å²) < 4.78 is 1.90. The highest BCUT2D eigenvalue weighted by atomic mass is 15.3. The first-order valence-electron chi connectivity index (χ1n) is 6.40. The molecule has 1 N–H and O–H groups in total. The monoisotopic (exact) mass is 221 g/mol. The van der Waals surface area contributed by atoms with E-state index in [2.05, 4.69) is 30.5 Å². The Balaban J connectivity index is 1.87. The van der Waals surface area contributed by atoms with Gasteiger partial charge in [0, 0.05) is 24.8 Å². The second-order valence-corrected chi connectivity index (χ2v) is 5.12. The van der Waals surface area contributed by atoms with Gasteiger partial charge in [-0.2, -0.15) is 5.10 Å². The molecule has 3 nitrogen and oxygen atoms in total. The fraction of sp³-hybridized carbons (Fsp3) is 0.769. The Labute approximate surface area is 98.2 Å². The molecule has 1 unspecified atom stereocenters. The maximum Gasteiger partial charge on any atom is 0.0641 e. The molecule has 0 aromatic carbocycles. The maximum atomic E-state index is 4.39. The smallest absolute Gasteiger partial charge is 0.0641 e. The van der Waals surface area contributed by atoms with Gasteiger partial charge >= 0.3 is 0 Å². The number of nitrogens with zero attached hydrogens (tertiary/aromatic N) is 2. The summed E-state index contributed by atoms with van der Waals surface area (Å²) in [6.07, 6.45) is 7.79. The van der Waals surface area contributed by atoms with E-state index in [0.717, 1.165) is 18.2 Å². The van der Waals surface area contributed by atoms with Gasteiger partial charge in [0.05, 0.1) is 5.69 Å². The van der Waals surface area contributed by atoms with Crippen LogP contribution in [-0.2, 0) is 7.05 Å². The second-order valence-electron chi connectivity index (χ2n) is 5.12. The van der Waals surface area contributed by atoms with Gasteiger partial charge in [0.1, 0.15) is 0 Å². The van der Waals surface area contributed by atoms with E-state index >= 15 is 0 Å². The Morgan fingerprint density at radius 2 is 2.19 bits per heavy atom. The number of aromatic nitrogens is 2. The molecule has 90 valence electrons. The Hall–Kier alpha value is -0.830. The van der Waals surface area contributed by atoms with Crippen molar-refractivity contribution in [2.24, 2.45) is 13.0 Å². The number of hydrogen-bond donors (Lipinski definition) is 1. The zero-order valence-electron chi connectivity index (χ0n) is 10.7. The first-order chi connectivity index (χ1) is 7.66. The molecule has 16 heavy (non-hydrogen) atoms. The zero-order valence-corrected chi connectivity index (χ0v) is 10.7. The van der Waals surface area contributed by atoms with Crippen LogP contribution in [0.1, 0.15) is 49.9 Å². The summed E-state index contributed by atoms with van der Waals surface area (Å²) in [5.74, 6) is 0.902. The minimum absolute atomic E-state index is 0.425. The molecule has 1 atom stereocenters. The molecular formula is C13H23N3. The van der Waals surface area contributed by atoms with Gasteiger partial charge < -0.3 is 5.32 Å². The average Bonchev–Trinajstić information content (AvgIpc) is 2.84. The molecule has 1 aliphatic rings. The van der Waals surface area contributed by atoms with Gasteiger partial charge in [-0.25, -0.2) is 0 Å². The third-order valence-corrected chi connectivity index (χ3v) is 3.71. The Morgan fingerprint density at radius 3 is 2.75 bits per heavy atom. The largest absolute Gasteiger partial charge is 0.310 e. The van der Waals surface area contributed by atoms with Gasteiger partial charge in [-0.1, -0.05) is 12.8 Å². The Kier molecular flexibility index (Phi) is 3.64. The van der Waals surface area contributed by atoms with E-state index in [1.807, 2.05) is 11.7 Å². The van der Waals surface area contributed by atoms with Crippen LogP contribution in [0.25, 0.3) is 0 Å². The molecule has 1 fully saturated rings. The van der Waals surface area contributed by atoms with Gasteiger partial charge in [-0.15, -0.1) is 0 Å². The molecule has 1 aromatic rings. The topological polar surface area (TPSA) is 29.9 Å². The van der Waals surface area contributed by atoms with Crippen LogP contribution in [-0.4, -0.2) is 16.3 Å². The van der Waals surface area contributed by atoms with Gasteiger partial charge in [-0.3, -0.25) is 4.68 Å². The highest BCUT2D eigenvalue weighted by molar-refractivity contribution is 5.19. The van der Waals surface area contributed by atoms with E-state index in [0.29, 0.717) is 6.04 Å². The van der Waals surface area contributed by atoms with Crippen LogP contribution in [0.2, 0.25) is 0 Å². The van der Waals surface area contributed by atoms with Crippen LogP contribution < -0.4 is 5.32 Å². The summed E-state index contributed by atoms with van der Waals surface area (Å²) in [6.45, 7) is 5.48. The fourth-order valence-corrected chi connectivity index (χ4v) is 2.71. The van der Waals surface area contributed by atoms with Crippen LogP contribution in [0.4, 0.5) is 0 Å². The van der Waals surface area contributed by atoms with Crippen LogP contribution in [0.3, 0.4) is 0 Å². The van der Waals surface area contributed by atoms with Gasteiger partial charge in [0.25, 0.3) is 0 Å². The van der Waals surface area contributed by atoms with E-state index in [9.17, 15) is 0 Å². The number of nitrogens with one attached hydrogen (secondary N) is 1. The van der Waals surface area contributed by atoms with Crippen molar-refractivity contribution in [3.05, 3.63) is 17.5 Å². The van der Waals surface area contributed by atoms with Crippen molar-refractivity contribution in [1.82, 2.24) is 15.1 Å².